The summed E-state index contributed by atoms with van der Waals surface area (Å²) in [7, 11) is 1.79. The lowest BCUT2D eigenvalue weighted by molar-refractivity contribution is -0.138. The van der Waals surface area contributed by atoms with Gasteiger partial charge < -0.3 is 14.7 Å². The van der Waals surface area contributed by atoms with E-state index in [2.05, 4.69) is 4.74 Å². The fraction of sp³-hybridized carbons (Fsp3) is 0.556. The zero-order valence-electron chi connectivity index (χ0n) is 14.7. The first kappa shape index (κ1) is 20.1. The second kappa shape index (κ2) is 9.47. The van der Waals surface area contributed by atoms with Crippen molar-refractivity contribution in [2.75, 3.05) is 26.7 Å². The second-order valence-electron chi connectivity index (χ2n) is 6.47. The van der Waals surface area contributed by atoms with Gasteiger partial charge in [0, 0.05) is 19.1 Å². The third-order valence-electron chi connectivity index (χ3n) is 4.56. The van der Waals surface area contributed by atoms with Crippen molar-refractivity contribution in [2.45, 2.75) is 38.3 Å². The van der Waals surface area contributed by atoms with Gasteiger partial charge in [-0.2, -0.15) is 8.78 Å². The summed E-state index contributed by atoms with van der Waals surface area (Å²) in [6, 6.07) is 6.21. The summed E-state index contributed by atoms with van der Waals surface area (Å²) in [5, 5.41) is 8.90. The van der Waals surface area contributed by atoms with Gasteiger partial charge in [-0.25, -0.2) is 0 Å². The Balaban J connectivity index is 1.86. The summed E-state index contributed by atoms with van der Waals surface area (Å²) < 4.78 is 28.6. The Morgan fingerprint density at radius 3 is 2.58 bits per heavy atom. The van der Waals surface area contributed by atoms with Crippen LogP contribution >= 0.6 is 0 Å². The molecule has 1 N–H and O–H groups in total. The normalized spacial score (nSPS) is 18.0. The first-order valence-corrected chi connectivity index (χ1v) is 8.58. The van der Waals surface area contributed by atoms with Crippen molar-refractivity contribution in [3.8, 4) is 5.75 Å². The van der Waals surface area contributed by atoms with Crippen molar-refractivity contribution >= 4 is 11.9 Å². The van der Waals surface area contributed by atoms with E-state index in [-0.39, 0.29) is 30.7 Å². The van der Waals surface area contributed by atoms with Gasteiger partial charge in [0.05, 0.1) is 13.0 Å². The molecule has 0 saturated carbocycles. The van der Waals surface area contributed by atoms with Crippen LogP contribution in [0.15, 0.2) is 24.3 Å². The number of carboxylic acid groups (broad SMARTS) is 1. The van der Waals surface area contributed by atoms with Gasteiger partial charge in [-0.3, -0.25) is 14.5 Å². The summed E-state index contributed by atoms with van der Waals surface area (Å²) in [6.07, 6.45) is 2.61. The lowest BCUT2D eigenvalue weighted by Gasteiger charge is -2.25. The number of aliphatic carboxylic acids is 1. The number of hydrogen-bond acceptors (Lipinski definition) is 4. The molecule has 1 heterocycles. The minimum Gasteiger partial charge on any atom is -0.480 e. The highest BCUT2D eigenvalue weighted by molar-refractivity contribution is 5.78. The Hall–Kier alpha value is -2.22. The molecule has 6 nitrogen and oxygen atoms in total. The number of amides is 1. The van der Waals surface area contributed by atoms with E-state index in [0.717, 1.165) is 24.8 Å². The number of carboxylic acids is 1. The quantitative estimate of drug-likeness (QED) is 0.797. The zero-order chi connectivity index (χ0) is 19.1. The first-order chi connectivity index (χ1) is 12.3. The summed E-state index contributed by atoms with van der Waals surface area (Å²) in [5.41, 5.74) is 0.736. The molecule has 26 heavy (non-hydrogen) atoms. The summed E-state index contributed by atoms with van der Waals surface area (Å²) in [6.45, 7) is -1.65. The van der Waals surface area contributed by atoms with Crippen molar-refractivity contribution in [3.05, 3.63) is 29.8 Å². The number of carbonyl (C=O) groups is 2. The van der Waals surface area contributed by atoms with Gasteiger partial charge in [0.1, 0.15) is 5.75 Å². The number of benzene rings is 1. The van der Waals surface area contributed by atoms with E-state index in [0.29, 0.717) is 13.1 Å². The number of hydrogen-bond donors (Lipinski definition) is 1. The van der Waals surface area contributed by atoms with Crippen molar-refractivity contribution in [1.82, 2.24) is 9.80 Å². The average molecular weight is 370 g/mol. The molecular formula is C18H24F2N2O4. The molecule has 1 aliphatic rings. The van der Waals surface area contributed by atoms with Crippen LogP contribution < -0.4 is 4.74 Å². The Bertz CT molecular complexity index is 610. The number of likely N-dealkylation sites (N-methyl/N-ethyl adjacent to an activating group) is 1. The lowest BCUT2D eigenvalue weighted by atomic mass is 10.1. The molecule has 1 fully saturated rings. The molecule has 1 atom stereocenters. The minimum atomic E-state index is -2.87. The van der Waals surface area contributed by atoms with Crippen LogP contribution in [0.5, 0.6) is 5.75 Å². The Labute approximate surface area is 151 Å². The summed E-state index contributed by atoms with van der Waals surface area (Å²) in [5.74, 6) is -0.812. The van der Waals surface area contributed by atoms with E-state index in [1.165, 1.54) is 12.1 Å². The molecule has 0 bridgehead atoms. The van der Waals surface area contributed by atoms with Gasteiger partial charge in [-0.05, 0) is 44.0 Å². The zero-order valence-corrected chi connectivity index (χ0v) is 14.7. The van der Waals surface area contributed by atoms with Crippen LogP contribution in [0.25, 0.3) is 0 Å². The first-order valence-electron chi connectivity index (χ1n) is 8.58. The van der Waals surface area contributed by atoms with Crippen molar-refractivity contribution < 1.29 is 28.2 Å². The van der Waals surface area contributed by atoms with Gasteiger partial charge in [-0.15, -0.1) is 0 Å². The topological polar surface area (TPSA) is 70.1 Å². The Kier molecular flexibility index (Phi) is 7.32. The number of ether oxygens (including phenoxy) is 1. The maximum absolute atomic E-state index is 12.5. The SMILES string of the molecule is CN(CC(=O)O)C1CCCN(C(=O)Cc2ccc(OC(F)F)cc2)CC1. The number of rotatable bonds is 7. The predicted octanol–water partition coefficient (Wildman–Crippen LogP) is 2.23. The molecule has 1 aliphatic heterocycles. The van der Waals surface area contributed by atoms with Crippen LogP contribution in [0.1, 0.15) is 24.8 Å². The molecule has 0 aliphatic carbocycles. The van der Waals surface area contributed by atoms with Crippen LogP contribution in [0.3, 0.4) is 0 Å². The van der Waals surface area contributed by atoms with Crippen molar-refractivity contribution in [3.63, 3.8) is 0 Å². The molecule has 1 aromatic rings. The average Bonchev–Trinajstić information content (AvgIpc) is 2.82. The smallest absolute Gasteiger partial charge is 0.387 e. The maximum Gasteiger partial charge on any atom is 0.387 e. The number of halogens is 2. The maximum atomic E-state index is 12.5. The fourth-order valence-corrected chi connectivity index (χ4v) is 3.19. The molecule has 1 amide bonds. The van der Waals surface area contributed by atoms with E-state index in [1.807, 2.05) is 4.90 Å². The monoisotopic (exact) mass is 370 g/mol. The Morgan fingerprint density at radius 2 is 1.96 bits per heavy atom. The van der Waals surface area contributed by atoms with Gasteiger partial charge >= 0.3 is 12.6 Å². The van der Waals surface area contributed by atoms with E-state index in [4.69, 9.17) is 5.11 Å². The van der Waals surface area contributed by atoms with Gasteiger partial charge in [-0.1, -0.05) is 12.1 Å². The molecule has 144 valence electrons. The molecule has 2 rings (SSSR count). The molecule has 8 heteroatoms. The third-order valence-corrected chi connectivity index (χ3v) is 4.56. The van der Waals surface area contributed by atoms with Crippen LogP contribution in [0, 0.1) is 0 Å². The van der Waals surface area contributed by atoms with E-state index >= 15 is 0 Å². The Morgan fingerprint density at radius 1 is 1.27 bits per heavy atom. The summed E-state index contributed by atoms with van der Waals surface area (Å²) in [4.78, 5) is 27.0. The van der Waals surface area contributed by atoms with Gasteiger partial charge in [0.2, 0.25) is 5.91 Å². The van der Waals surface area contributed by atoms with Gasteiger partial charge in [0.25, 0.3) is 0 Å². The van der Waals surface area contributed by atoms with Crippen molar-refractivity contribution in [1.29, 1.82) is 0 Å². The highest BCUT2D eigenvalue weighted by Crippen LogP contribution is 2.18. The fourth-order valence-electron chi connectivity index (χ4n) is 3.19. The molecule has 1 unspecified atom stereocenters. The molecule has 1 aromatic carbocycles. The standard InChI is InChI=1S/C18H24F2N2O4/c1-21(12-17(24)25)14-3-2-9-22(10-8-14)16(23)11-13-4-6-15(7-5-13)26-18(19)20/h4-7,14,18H,2-3,8-12H2,1H3,(H,24,25). The third kappa shape index (κ3) is 6.25. The van der Waals surface area contributed by atoms with Crippen LogP contribution in [0.4, 0.5) is 8.78 Å². The number of alkyl halides is 2. The van der Waals surface area contributed by atoms with E-state index < -0.39 is 12.6 Å². The minimum absolute atomic E-state index is 0.00828. The number of likely N-dealkylation sites (tertiary alicyclic amines) is 1. The highest BCUT2D eigenvalue weighted by Gasteiger charge is 2.24. The number of nitrogens with zero attached hydrogens (tertiary/aromatic N) is 2. The van der Waals surface area contributed by atoms with Crippen LogP contribution in [0.2, 0.25) is 0 Å². The molecule has 0 aromatic heterocycles. The number of carbonyl (C=O) groups excluding carboxylic acids is 1. The predicted molar refractivity (Wildman–Crippen MR) is 91.3 cm³/mol. The molecule has 1 saturated heterocycles. The highest BCUT2D eigenvalue weighted by atomic mass is 19.3. The largest absolute Gasteiger partial charge is 0.480 e. The molecular weight excluding hydrogens is 346 g/mol. The van der Waals surface area contributed by atoms with Gasteiger partial charge in [0.15, 0.2) is 0 Å². The lowest BCUT2D eigenvalue weighted by Crippen LogP contribution is -2.37. The summed E-state index contributed by atoms with van der Waals surface area (Å²) >= 11 is 0. The van der Waals surface area contributed by atoms with Crippen molar-refractivity contribution in [2.24, 2.45) is 0 Å². The second-order valence-corrected chi connectivity index (χ2v) is 6.47. The van der Waals surface area contributed by atoms with Crippen LogP contribution in [-0.4, -0.2) is 66.1 Å². The van der Waals surface area contributed by atoms with Crippen LogP contribution in [-0.2, 0) is 16.0 Å². The van der Waals surface area contributed by atoms with E-state index in [9.17, 15) is 18.4 Å². The molecule has 0 radical (unpaired) electrons. The van der Waals surface area contributed by atoms with E-state index in [1.54, 1.807) is 24.1 Å². The molecule has 0 spiro atoms.